The molecule has 148 valence electrons. The van der Waals surface area contributed by atoms with Gasteiger partial charge in [-0.2, -0.15) is 0 Å². The van der Waals surface area contributed by atoms with Crippen LogP contribution in [-0.4, -0.2) is 71.2 Å². The Labute approximate surface area is 165 Å². The van der Waals surface area contributed by atoms with E-state index in [0.29, 0.717) is 11.9 Å². The second-order valence-electron chi connectivity index (χ2n) is 7.45. The number of nitrogens with zero attached hydrogens (tertiary/aromatic N) is 4. The molecular formula is C21H27N5O2. The molecule has 1 unspecified atom stereocenters. The molecule has 3 heterocycles. The van der Waals surface area contributed by atoms with Gasteiger partial charge in [0.1, 0.15) is 0 Å². The van der Waals surface area contributed by atoms with Crippen LogP contribution in [0.15, 0.2) is 36.5 Å². The Hall–Kier alpha value is -2.51. The van der Waals surface area contributed by atoms with E-state index in [1.807, 2.05) is 42.2 Å². The number of rotatable bonds is 4. The molecule has 0 spiro atoms. The first-order chi connectivity index (χ1) is 13.7. The summed E-state index contributed by atoms with van der Waals surface area (Å²) in [5.74, 6) is 0.695. The molecule has 1 atom stereocenters. The molecule has 4 rings (SSSR count). The fourth-order valence-corrected chi connectivity index (χ4v) is 3.70. The number of benzene rings is 1. The van der Waals surface area contributed by atoms with E-state index < -0.39 is 0 Å². The summed E-state index contributed by atoms with van der Waals surface area (Å²) in [4.78, 5) is 25.6. The largest absolute Gasteiger partial charge is 0.377 e. The van der Waals surface area contributed by atoms with Crippen molar-refractivity contribution in [1.82, 2.24) is 19.8 Å². The third kappa shape index (κ3) is 4.66. The smallest absolute Gasteiger partial charge is 0.321 e. The second-order valence-corrected chi connectivity index (χ2v) is 7.45. The molecule has 2 fully saturated rings. The van der Waals surface area contributed by atoms with Crippen LogP contribution in [0.5, 0.6) is 0 Å². The number of urea groups is 1. The highest BCUT2D eigenvalue weighted by molar-refractivity contribution is 5.89. The summed E-state index contributed by atoms with van der Waals surface area (Å²) in [6.45, 7) is 7.11. The monoisotopic (exact) mass is 381 g/mol. The van der Waals surface area contributed by atoms with Gasteiger partial charge in [0, 0.05) is 62.5 Å². The Kier molecular flexibility index (Phi) is 5.83. The summed E-state index contributed by atoms with van der Waals surface area (Å²) in [6.07, 6.45) is 4.45. The molecule has 2 saturated heterocycles. The lowest BCUT2D eigenvalue weighted by Crippen LogP contribution is -2.51. The maximum Gasteiger partial charge on any atom is 0.321 e. The van der Waals surface area contributed by atoms with Gasteiger partial charge in [0.15, 0.2) is 5.82 Å². The Balaban J connectivity index is 1.28. The summed E-state index contributed by atoms with van der Waals surface area (Å²) in [7, 11) is 0. The standard InChI is InChI=1S/C21H27N5O2/c1-16-8-9-22-20(23-16)17-4-6-18(7-5-17)24-21(27)26-12-10-25(11-13-26)15-19-3-2-14-28-19/h4-9,19H,2-3,10-15H2,1H3,(H,24,27). The number of nitrogens with one attached hydrogen (secondary N) is 1. The minimum atomic E-state index is -0.0451. The fourth-order valence-electron chi connectivity index (χ4n) is 3.70. The Morgan fingerprint density at radius 1 is 1.18 bits per heavy atom. The highest BCUT2D eigenvalue weighted by Crippen LogP contribution is 2.19. The van der Waals surface area contributed by atoms with E-state index in [9.17, 15) is 4.79 Å². The lowest BCUT2D eigenvalue weighted by molar-refractivity contribution is 0.0572. The van der Waals surface area contributed by atoms with Crippen molar-refractivity contribution in [3.05, 3.63) is 42.2 Å². The average molecular weight is 381 g/mol. The van der Waals surface area contributed by atoms with Crippen molar-refractivity contribution in [2.45, 2.75) is 25.9 Å². The van der Waals surface area contributed by atoms with Gasteiger partial charge in [-0.1, -0.05) is 0 Å². The van der Waals surface area contributed by atoms with E-state index in [1.165, 1.54) is 6.42 Å². The number of anilines is 1. The van der Waals surface area contributed by atoms with Crippen molar-refractivity contribution in [2.24, 2.45) is 0 Å². The van der Waals surface area contributed by atoms with Gasteiger partial charge >= 0.3 is 6.03 Å². The summed E-state index contributed by atoms with van der Waals surface area (Å²) < 4.78 is 5.71. The lowest BCUT2D eigenvalue weighted by atomic mass is 10.2. The van der Waals surface area contributed by atoms with Gasteiger partial charge in [-0.3, -0.25) is 4.90 Å². The number of aromatic nitrogens is 2. The highest BCUT2D eigenvalue weighted by Gasteiger charge is 2.24. The molecule has 7 heteroatoms. The summed E-state index contributed by atoms with van der Waals surface area (Å²) in [5.41, 5.74) is 2.65. The fraction of sp³-hybridized carbons (Fsp3) is 0.476. The van der Waals surface area contributed by atoms with Crippen molar-refractivity contribution in [1.29, 1.82) is 0 Å². The number of ether oxygens (including phenoxy) is 1. The van der Waals surface area contributed by atoms with Crippen molar-refractivity contribution in [3.63, 3.8) is 0 Å². The molecule has 2 amide bonds. The number of amides is 2. The maximum atomic E-state index is 12.6. The van der Waals surface area contributed by atoms with Crippen molar-refractivity contribution < 1.29 is 9.53 Å². The van der Waals surface area contributed by atoms with Gasteiger partial charge < -0.3 is 15.0 Å². The SMILES string of the molecule is Cc1ccnc(-c2ccc(NC(=O)N3CCN(CC4CCCO4)CC3)cc2)n1. The molecule has 0 saturated carbocycles. The molecule has 2 aromatic rings. The second kappa shape index (κ2) is 8.67. The maximum absolute atomic E-state index is 12.6. The van der Waals surface area contributed by atoms with Gasteiger partial charge in [0.2, 0.25) is 0 Å². The summed E-state index contributed by atoms with van der Waals surface area (Å²) in [5, 5.41) is 2.99. The van der Waals surface area contributed by atoms with Gasteiger partial charge in [-0.05, 0) is 50.1 Å². The molecule has 1 aromatic carbocycles. The predicted molar refractivity (Wildman–Crippen MR) is 108 cm³/mol. The number of carbonyl (C=O) groups is 1. The van der Waals surface area contributed by atoms with E-state index >= 15 is 0 Å². The first-order valence-corrected chi connectivity index (χ1v) is 9.97. The minimum Gasteiger partial charge on any atom is -0.377 e. The topological polar surface area (TPSA) is 70.6 Å². The summed E-state index contributed by atoms with van der Waals surface area (Å²) in [6, 6.07) is 9.49. The molecular weight excluding hydrogens is 354 g/mol. The van der Waals surface area contributed by atoms with Crippen LogP contribution in [0.4, 0.5) is 10.5 Å². The zero-order valence-corrected chi connectivity index (χ0v) is 16.3. The van der Waals surface area contributed by atoms with E-state index in [0.717, 1.165) is 62.7 Å². The van der Waals surface area contributed by atoms with Crippen molar-refractivity contribution in [2.75, 3.05) is 44.6 Å². The molecule has 2 aliphatic heterocycles. The van der Waals surface area contributed by atoms with Crippen LogP contribution in [0, 0.1) is 6.92 Å². The Bertz CT molecular complexity index is 797. The normalized spacial score (nSPS) is 20.3. The average Bonchev–Trinajstić information content (AvgIpc) is 3.22. The van der Waals surface area contributed by atoms with Crippen LogP contribution < -0.4 is 5.32 Å². The van der Waals surface area contributed by atoms with Gasteiger partial charge in [-0.25, -0.2) is 14.8 Å². The summed E-state index contributed by atoms with van der Waals surface area (Å²) >= 11 is 0. The first kappa shape index (κ1) is 18.8. The third-order valence-electron chi connectivity index (χ3n) is 5.33. The molecule has 0 radical (unpaired) electrons. The number of piperazine rings is 1. The van der Waals surface area contributed by atoms with Gasteiger partial charge in [0.05, 0.1) is 6.10 Å². The Morgan fingerprint density at radius 3 is 2.64 bits per heavy atom. The lowest BCUT2D eigenvalue weighted by Gasteiger charge is -2.35. The predicted octanol–water partition coefficient (Wildman–Crippen LogP) is 2.78. The number of aryl methyl sites for hydroxylation is 1. The molecule has 0 aliphatic carbocycles. The van der Waals surface area contributed by atoms with Gasteiger partial charge in [0.25, 0.3) is 0 Å². The molecule has 1 N–H and O–H groups in total. The van der Waals surface area contributed by atoms with Crippen LogP contribution in [-0.2, 0) is 4.74 Å². The first-order valence-electron chi connectivity index (χ1n) is 9.97. The van der Waals surface area contributed by atoms with E-state index in [-0.39, 0.29) is 6.03 Å². The van der Waals surface area contributed by atoms with Gasteiger partial charge in [-0.15, -0.1) is 0 Å². The number of hydrogen-bond donors (Lipinski definition) is 1. The minimum absolute atomic E-state index is 0.0451. The zero-order chi connectivity index (χ0) is 19.3. The van der Waals surface area contributed by atoms with E-state index in [4.69, 9.17) is 4.74 Å². The van der Waals surface area contributed by atoms with Crippen molar-refractivity contribution in [3.8, 4) is 11.4 Å². The number of carbonyl (C=O) groups excluding carboxylic acids is 1. The zero-order valence-electron chi connectivity index (χ0n) is 16.3. The van der Waals surface area contributed by atoms with Crippen molar-refractivity contribution >= 4 is 11.7 Å². The van der Waals surface area contributed by atoms with Crippen LogP contribution >= 0.6 is 0 Å². The number of hydrogen-bond acceptors (Lipinski definition) is 5. The van der Waals surface area contributed by atoms with Crippen LogP contribution in [0.3, 0.4) is 0 Å². The third-order valence-corrected chi connectivity index (χ3v) is 5.33. The molecule has 2 aliphatic rings. The quantitative estimate of drug-likeness (QED) is 0.882. The molecule has 1 aromatic heterocycles. The van der Waals surface area contributed by atoms with Crippen LogP contribution in [0.1, 0.15) is 18.5 Å². The highest BCUT2D eigenvalue weighted by atomic mass is 16.5. The van der Waals surface area contributed by atoms with E-state index in [1.54, 1.807) is 6.20 Å². The molecule has 7 nitrogen and oxygen atoms in total. The molecule has 0 bridgehead atoms. The van der Waals surface area contributed by atoms with Crippen LogP contribution in [0.25, 0.3) is 11.4 Å². The Morgan fingerprint density at radius 2 is 1.96 bits per heavy atom. The van der Waals surface area contributed by atoms with Crippen LogP contribution in [0.2, 0.25) is 0 Å². The molecule has 28 heavy (non-hydrogen) atoms. The van der Waals surface area contributed by atoms with E-state index in [2.05, 4.69) is 20.2 Å².